The first-order chi connectivity index (χ1) is 8.16. The molecule has 88 valence electrons. The fourth-order valence-corrected chi connectivity index (χ4v) is 1.85. The van der Waals surface area contributed by atoms with Crippen LogP contribution in [0.15, 0.2) is 35.1 Å². The number of anilines is 1. The smallest absolute Gasteiger partial charge is 0.147 e. The molecule has 0 spiro atoms. The third kappa shape index (κ3) is 3.00. The SMILES string of the molecule is Cc1nccnc1NCc1cc(Br)ccc1F. The molecule has 0 radical (unpaired) electrons. The summed E-state index contributed by atoms with van der Waals surface area (Å²) in [5.41, 5.74) is 1.38. The van der Waals surface area contributed by atoms with E-state index in [-0.39, 0.29) is 5.82 Å². The fourth-order valence-electron chi connectivity index (χ4n) is 1.44. The molecule has 2 aromatic rings. The zero-order valence-electron chi connectivity index (χ0n) is 9.24. The van der Waals surface area contributed by atoms with Crippen LogP contribution in [0.5, 0.6) is 0 Å². The number of nitrogens with one attached hydrogen (secondary N) is 1. The van der Waals surface area contributed by atoms with Crippen LogP contribution in [0, 0.1) is 12.7 Å². The summed E-state index contributed by atoms with van der Waals surface area (Å²) in [7, 11) is 0. The largest absolute Gasteiger partial charge is 0.364 e. The average molecular weight is 296 g/mol. The molecule has 1 heterocycles. The molecule has 1 aromatic carbocycles. The van der Waals surface area contributed by atoms with Crippen molar-refractivity contribution < 1.29 is 4.39 Å². The van der Waals surface area contributed by atoms with Crippen LogP contribution in [-0.4, -0.2) is 9.97 Å². The van der Waals surface area contributed by atoms with E-state index >= 15 is 0 Å². The van der Waals surface area contributed by atoms with Crippen LogP contribution in [0.2, 0.25) is 0 Å². The third-order valence-corrected chi connectivity index (χ3v) is 2.83. The van der Waals surface area contributed by atoms with Crippen LogP contribution in [-0.2, 0) is 6.54 Å². The van der Waals surface area contributed by atoms with Gasteiger partial charge in [-0.25, -0.2) is 9.37 Å². The van der Waals surface area contributed by atoms with Crippen LogP contribution in [0.4, 0.5) is 10.2 Å². The van der Waals surface area contributed by atoms with Crippen molar-refractivity contribution >= 4 is 21.7 Å². The predicted molar refractivity (Wildman–Crippen MR) is 68.2 cm³/mol. The van der Waals surface area contributed by atoms with Gasteiger partial charge in [-0.1, -0.05) is 15.9 Å². The van der Waals surface area contributed by atoms with Gasteiger partial charge in [0.25, 0.3) is 0 Å². The molecule has 0 bridgehead atoms. The summed E-state index contributed by atoms with van der Waals surface area (Å²) >= 11 is 3.31. The topological polar surface area (TPSA) is 37.8 Å². The zero-order valence-corrected chi connectivity index (χ0v) is 10.8. The second kappa shape index (κ2) is 5.23. The number of hydrogen-bond donors (Lipinski definition) is 1. The van der Waals surface area contributed by atoms with Crippen molar-refractivity contribution in [3.05, 3.63) is 52.1 Å². The summed E-state index contributed by atoms with van der Waals surface area (Å²) in [6.07, 6.45) is 3.23. The lowest BCUT2D eigenvalue weighted by atomic mass is 10.2. The molecule has 0 unspecified atom stereocenters. The Morgan fingerprint density at radius 3 is 2.82 bits per heavy atom. The molecule has 0 fully saturated rings. The molecule has 1 N–H and O–H groups in total. The van der Waals surface area contributed by atoms with Crippen LogP contribution in [0.3, 0.4) is 0 Å². The van der Waals surface area contributed by atoms with Gasteiger partial charge in [-0.15, -0.1) is 0 Å². The Morgan fingerprint density at radius 1 is 1.29 bits per heavy atom. The number of benzene rings is 1. The Labute approximate surface area is 107 Å². The Balaban J connectivity index is 2.12. The number of rotatable bonds is 3. The molecular weight excluding hydrogens is 285 g/mol. The van der Waals surface area contributed by atoms with Gasteiger partial charge >= 0.3 is 0 Å². The van der Waals surface area contributed by atoms with E-state index in [1.165, 1.54) is 6.07 Å². The molecule has 0 aliphatic rings. The number of nitrogens with zero attached hydrogens (tertiary/aromatic N) is 2. The van der Waals surface area contributed by atoms with E-state index in [1.54, 1.807) is 24.5 Å². The van der Waals surface area contributed by atoms with Gasteiger partial charge in [0.1, 0.15) is 11.6 Å². The van der Waals surface area contributed by atoms with E-state index in [1.807, 2.05) is 6.92 Å². The van der Waals surface area contributed by atoms with E-state index in [9.17, 15) is 4.39 Å². The standard InChI is InChI=1S/C12H11BrFN3/c1-8-12(16-5-4-15-8)17-7-9-6-10(13)2-3-11(9)14/h2-6H,7H2,1H3,(H,16,17). The van der Waals surface area contributed by atoms with Crippen LogP contribution >= 0.6 is 15.9 Å². The van der Waals surface area contributed by atoms with Crippen molar-refractivity contribution in [3.8, 4) is 0 Å². The first-order valence-corrected chi connectivity index (χ1v) is 5.91. The highest BCUT2D eigenvalue weighted by Gasteiger charge is 2.04. The lowest BCUT2D eigenvalue weighted by Gasteiger charge is -2.08. The quantitative estimate of drug-likeness (QED) is 0.944. The molecule has 0 saturated carbocycles. The van der Waals surface area contributed by atoms with Crippen molar-refractivity contribution in [3.63, 3.8) is 0 Å². The summed E-state index contributed by atoms with van der Waals surface area (Å²) in [4.78, 5) is 8.24. The molecule has 0 aliphatic heterocycles. The van der Waals surface area contributed by atoms with Gasteiger partial charge in [-0.05, 0) is 25.1 Å². The second-order valence-corrected chi connectivity index (χ2v) is 4.50. The number of aryl methyl sites for hydroxylation is 1. The lowest BCUT2D eigenvalue weighted by molar-refractivity contribution is 0.612. The van der Waals surface area contributed by atoms with Gasteiger partial charge in [-0.2, -0.15) is 0 Å². The second-order valence-electron chi connectivity index (χ2n) is 3.58. The van der Waals surface area contributed by atoms with Gasteiger partial charge < -0.3 is 5.32 Å². The van der Waals surface area contributed by atoms with Gasteiger partial charge in [0, 0.05) is 29.0 Å². The average Bonchev–Trinajstić information content (AvgIpc) is 2.32. The number of halogens is 2. The van der Waals surface area contributed by atoms with Crippen LogP contribution in [0.25, 0.3) is 0 Å². The minimum atomic E-state index is -0.234. The Kier molecular flexibility index (Phi) is 3.68. The summed E-state index contributed by atoms with van der Waals surface area (Å²) in [5.74, 6) is 0.439. The van der Waals surface area contributed by atoms with Crippen LogP contribution in [0.1, 0.15) is 11.3 Å². The molecule has 1 aromatic heterocycles. The maximum atomic E-state index is 13.5. The van der Waals surface area contributed by atoms with E-state index in [0.29, 0.717) is 17.9 Å². The van der Waals surface area contributed by atoms with Crippen molar-refractivity contribution in [2.45, 2.75) is 13.5 Å². The maximum absolute atomic E-state index is 13.5. The maximum Gasteiger partial charge on any atom is 0.147 e. The van der Waals surface area contributed by atoms with Gasteiger partial charge in [-0.3, -0.25) is 4.98 Å². The fraction of sp³-hybridized carbons (Fsp3) is 0.167. The summed E-state index contributed by atoms with van der Waals surface area (Å²) in [6.45, 7) is 2.23. The monoisotopic (exact) mass is 295 g/mol. The van der Waals surface area contributed by atoms with E-state index in [0.717, 1.165) is 10.2 Å². The third-order valence-electron chi connectivity index (χ3n) is 2.34. The highest BCUT2D eigenvalue weighted by Crippen LogP contribution is 2.17. The van der Waals surface area contributed by atoms with Crippen LogP contribution < -0.4 is 5.32 Å². The molecule has 0 saturated heterocycles. The first-order valence-electron chi connectivity index (χ1n) is 5.12. The molecule has 17 heavy (non-hydrogen) atoms. The summed E-state index contributed by atoms with van der Waals surface area (Å²) in [5, 5.41) is 3.06. The molecule has 5 heteroatoms. The molecular formula is C12H11BrFN3. The van der Waals surface area contributed by atoms with E-state index in [4.69, 9.17) is 0 Å². The molecule has 0 aliphatic carbocycles. The van der Waals surface area contributed by atoms with E-state index < -0.39 is 0 Å². The Hall–Kier alpha value is -1.49. The predicted octanol–water partition coefficient (Wildman–Crippen LogP) is 3.30. The Bertz CT molecular complexity index is 531. The molecule has 3 nitrogen and oxygen atoms in total. The van der Waals surface area contributed by atoms with Gasteiger partial charge in [0.15, 0.2) is 0 Å². The highest BCUT2D eigenvalue weighted by atomic mass is 79.9. The normalized spacial score (nSPS) is 10.3. The first kappa shape index (κ1) is 12.0. The Morgan fingerprint density at radius 2 is 2.06 bits per heavy atom. The number of aromatic nitrogens is 2. The lowest BCUT2D eigenvalue weighted by Crippen LogP contribution is -2.05. The van der Waals surface area contributed by atoms with Crippen molar-refractivity contribution in [2.75, 3.05) is 5.32 Å². The molecule has 0 amide bonds. The van der Waals surface area contributed by atoms with Crippen molar-refractivity contribution in [2.24, 2.45) is 0 Å². The zero-order chi connectivity index (χ0) is 12.3. The van der Waals surface area contributed by atoms with Gasteiger partial charge in [0.05, 0.1) is 5.69 Å². The summed E-state index contributed by atoms with van der Waals surface area (Å²) in [6, 6.07) is 4.85. The molecule has 0 atom stereocenters. The number of hydrogen-bond acceptors (Lipinski definition) is 3. The van der Waals surface area contributed by atoms with Crippen molar-refractivity contribution in [1.82, 2.24) is 9.97 Å². The highest BCUT2D eigenvalue weighted by molar-refractivity contribution is 9.10. The van der Waals surface area contributed by atoms with E-state index in [2.05, 4.69) is 31.2 Å². The van der Waals surface area contributed by atoms with Gasteiger partial charge in [0.2, 0.25) is 0 Å². The minimum Gasteiger partial charge on any atom is -0.364 e. The minimum absolute atomic E-state index is 0.234. The summed E-state index contributed by atoms with van der Waals surface area (Å²) < 4.78 is 14.3. The van der Waals surface area contributed by atoms with Crippen molar-refractivity contribution in [1.29, 1.82) is 0 Å². The molecule has 2 rings (SSSR count).